The number of allylic oxidation sites excluding steroid dienone is 1. The van der Waals surface area contributed by atoms with E-state index in [4.69, 9.17) is 9.47 Å². The van der Waals surface area contributed by atoms with Crippen LogP contribution in [0.15, 0.2) is 90.4 Å². The van der Waals surface area contributed by atoms with Gasteiger partial charge >= 0.3 is 0 Å². The number of anilines is 2. The molecule has 1 aliphatic heterocycles. The molecule has 5 rings (SSSR count). The Morgan fingerprint density at radius 1 is 1.00 bits per heavy atom. The maximum atomic E-state index is 13.7. The molecule has 1 atom stereocenters. The molecule has 1 aliphatic rings. The second-order valence-corrected chi connectivity index (χ2v) is 8.78. The minimum Gasteiger partial charge on any atom is -0.490 e. The van der Waals surface area contributed by atoms with Crippen molar-refractivity contribution in [3.8, 4) is 11.5 Å². The SMILES string of the molecule is CCOc1cc(C2C(C(=O)Nc3ccccc3C)=C(C)Nc3ncnn32)ccc1OCc1ccccc1. The molecule has 4 aromatic rings. The molecule has 1 aromatic heterocycles. The first-order valence-electron chi connectivity index (χ1n) is 12.2. The Labute approximate surface area is 216 Å². The monoisotopic (exact) mass is 495 g/mol. The molecule has 1 amide bonds. The van der Waals surface area contributed by atoms with Crippen molar-refractivity contribution in [2.75, 3.05) is 17.2 Å². The number of hydrogen-bond donors (Lipinski definition) is 2. The third-order valence-corrected chi connectivity index (χ3v) is 6.25. The van der Waals surface area contributed by atoms with Crippen molar-refractivity contribution >= 4 is 17.5 Å². The number of benzene rings is 3. The molecular weight excluding hydrogens is 466 g/mol. The molecule has 0 fully saturated rings. The summed E-state index contributed by atoms with van der Waals surface area (Å²) in [5.74, 6) is 1.59. The van der Waals surface area contributed by atoms with Gasteiger partial charge in [-0.1, -0.05) is 54.6 Å². The topological polar surface area (TPSA) is 90.3 Å². The Balaban J connectivity index is 1.50. The van der Waals surface area contributed by atoms with Gasteiger partial charge in [-0.25, -0.2) is 4.68 Å². The molecule has 3 aromatic carbocycles. The van der Waals surface area contributed by atoms with Crippen LogP contribution in [-0.4, -0.2) is 27.3 Å². The van der Waals surface area contributed by atoms with Gasteiger partial charge in [0.05, 0.1) is 12.2 Å². The number of nitrogens with one attached hydrogen (secondary N) is 2. The fourth-order valence-corrected chi connectivity index (χ4v) is 4.41. The van der Waals surface area contributed by atoms with E-state index >= 15 is 0 Å². The normalized spacial score (nSPS) is 14.5. The number of rotatable bonds is 8. The number of nitrogens with zero attached hydrogens (tertiary/aromatic N) is 3. The van der Waals surface area contributed by atoms with Crippen LogP contribution in [-0.2, 0) is 11.4 Å². The van der Waals surface area contributed by atoms with Gasteiger partial charge < -0.3 is 20.1 Å². The van der Waals surface area contributed by atoms with E-state index in [1.807, 2.05) is 93.6 Å². The molecule has 0 saturated heterocycles. The summed E-state index contributed by atoms with van der Waals surface area (Å²) in [5, 5.41) is 10.7. The van der Waals surface area contributed by atoms with E-state index in [1.54, 1.807) is 4.68 Å². The molecule has 0 spiro atoms. The van der Waals surface area contributed by atoms with Gasteiger partial charge in [0.1, 0.15) is 19.0 Å². The lowest BCUT2D eigenvalue weighted by atomic mass is 9.94. The molecule has 1 unspecified atom stereocenters. The van der Waals surface area contributed by atoms with Crippen LogP contribution in [0.4, 0.5) is 11.6 Å². The van der Waals surface area contributed by atoms with Gasteiger partial charge in [0.2, 0.25) is 5.95 Å². The molecule has 8 heteroatoms. The fraction of sp³-hybridized carbons (Fsp3) is 0.207. The van der Waals surface area contributed by atoms with Crippen molar-refractivity contribution in [2.24, 2.45) is 0 Å². The van der Waals surface area contributed by atoms with Gasteiger partial charge in [0.15, 0.2) is 11.5 Å². The number of aryl methyl sites for hydroxylation is 1. The van der Waals surface area contributed by atoms with Crippen LogP contribution in [0.3, 0.4) is 0 Å². The van der Waals surface area contributed by atoms with E-state index in [9.17, 15) is 4.79 Å². The van der Waals surface area contributed by atoms with Crippen LogP contribution in [0.1, 0.15) is 36.6 Å². The Morgan fingerprint density at radius 3 is 2.57 bits per heavy atom. The molecule has 2 heterocycles. The van der Waals surface area contributed by atoms with E-state index in [1.165, 1.54) is 6.33 Å². The van der Waals surface area contributed by atoms with Crippen molar-refractivity contribution < 1.29 is 14.3 Å². The third kappa shape index (κ3) is 5.04. The number of carbonyl (C=O) groups is 1. The van der Waals surface area contributed by atoms with Crippen molar-refractivity contribution in [1.82, 2.24) is 14.8 Å². The van der Waals surface area contributed by atoms with E-state index < -0.39 is 6.04 Å². The van der Waals surface area contributed by atoms with Gasteiger partial charge in [-0.05, 0) is 55.7 Å². The van der Waals surface area contributed by atoms with Crippen LogP contribution < -0.4 is 20.1 Å². The number of aromatic nitrogens is 3. The van der Waals surface area contributed by atoms with E-state index in [2.05, 4.69) is 20.7 Å². The van der Waals surface area contributed by atoms with E-state index in [-0.39, 0.29) is 5.91 Å². The smallest absolute Gasteiger partial charge is 0.255 e. The summed E-state index contributed by atoms with van der Waals surface area (Å²) in [4.78, 5) is 18.0. The minimum absolute atomic E-state index is 0.215. The predicted octanol–water partition coefficient (Wildman–Crippen LogP) is 5.49. The number of carbonyl (C=O) groups excluding carboxylic acids is 1. The molecule has 0 aliphatic carbocycles. The van der Waals surface area contributed by atoms with Crippen LogP contribution in [0, 0.1) is 6.92 Å². The lowest BCUT2D eigenvalue weighted by molar-refractivity contribution is -0.113. The third-order valence-electron chi connectivity index (χ3n) is 6.25. The first-order valence-corrected chi connectivity index (χ1v) is 12.2. The fourth-order valence-electron chi connectivity index (χ4n) is 4.41. The highest BCUT2D eigenvalue weighted by molar-refractivity contribution is 6.06. The quantitative estimate of drug-likeness (QED) is 0.336. The number of hydrogen-bond acceptors (Lipinski definition) is 6. The summed E-state index contributed by atoms with van der Waals surface area (Å²) in [6, 6.07) is 22.9. The van der Waals surface area contributed by atoms with Gasteiger partial charge in [-0.3, -0.25) is 4.79 Å². The summed E-state index contributed by atoms with van der Waals surface area (Å²) < 4.78 is 13.8. The summed E-state index contributed by atoms with van der Waals surface area (Å²) >= 11 is 0. The molecule has 188 valence electrons. The molecule has 0 saturated carbocycles. The maximum Gasteiger partial charge on any atom is 0.255 e. The van der Waals surface area contributed by atoms with Gasteiger partial charge in [0.25, 0.3) is 5.91 Å². The van der Waals surface area contributed by atoms with E-state index in [0.29, 0.717) is 41.9 Å². The summed E-state index contributed by atoms with van der Waals surface area (Å²) in [6.45, 7) is 6.66. The van der Waals surface area contributed by atoms with Crippen molar-refractivity contribution in [1.29, 1.82) is 0 Å². The Hall–Kier alpha value is -4.59. The van der Waals surface area contributed by atoms with Crippen molar-refractivity contribution in [3.05, 3.63) is 107 Å². The van der Waals surface area contributed by atoms with Crippen LogP contribution in [0.5, 0.6) is 11.5 Å². The second-order valence-electron chi connectivity index (χ2n) is 8.78. The average Bonchev–Trinajstić information content (AvgIpc) is 3.37. The molecule has 2 N–H and O–H groups in total. The summed E-state index contributed by atoms with van der Waals surface area (Å²) in [7, 11) is 0. The molecule has 8 nitrogen and oxygen atoms in total. The predicted molar refractivity (Wildman–Crippen MR) is 143 cm³/mol. The standard InChI is InChI=1S/C29H29N5O3/c1-4-36-25-16-22(14-15-24(25)37-17-21-11-6-5-7-12-21)27-26(20(3)32-29-30-18-31-34(27)29)28(35)33-23-13-9-8-10-19(23)2/h5-16,18,27H,4,17H2,1-3H3,(H,33,35)(H,30,31,32). The van der Waals surface area contributed by atoms with Gasteiger partial charge in [0, 0.05) is 11.4 Å². The first kappa shape index (κ1) is 24.1. The zero-order valence-corrected chi connectivity index (χ0v) is 21.1. The highest BCUT2D eigenvalue weighted by Gasteiger charge is 2.34. The molecular formula is C29H29N5O3. The van der Waals surface area contributed by atoms with Crippen molar-refractivity contribution in [2.45, 2.75) is 33.4 Å². The first-order chi connectivity index (χ1) is 18.0. The Bertz CT molecular complexity index is 1440. The lowest BCUT2D eigenvalue weighted by Crippen LogP contribution is -2.31. The number of fused-ring (bicyclic) bond motifs is 1. The Kier molecular flexibility index (Phi) is 6.89. The van der Waals surface area contributed by atoms with Gasteiger partial charge in [-0.2, -0.15) is 10.1 Å². The zero-order valence-electron chi connectivity index (χ0n) is 21.1. The molecule has 0 radical (unpaired) electrons. The highest BCUT2D eigenvalue weighted by Crippen LogP contribution is 2.39. The van der Waals surface area contributed by atoms with Crippen LogP contribution in [0.25, 0.3) is 0 Å². The minimum atomic E-state index is -0.509. The van der Waals surface area contributed by atoms with Gasteiger partial charge in [-0.15, -0.1) is 0 Å². The number of ether oxygens (including phenoxy) is 2. The van der Waals surface area contributed by atoms with Crippen LogP contribution >= 0.6 is 0 Å². The summed E-state index contributed by atoms with van der Waals surface area (Å²) in [6.07, 6.45) is 1.48. The number of para-hydroxylation sites is 1. The molecule has 37 heavy (non-hydrogen) atoms. The van der Waals surface area contributed by atoms with E-state index in [0.717, 1.165) is 22.4 Å². The average molecular weight is 496 g/mol. The highest BCUT2D eigenvalue weighted by atomic mass is 16.5. The van der Waals surface area contributed by atoms with Crippen molar-refractivity contribution in [3.63, 3.8) is 0 Å². The Morgan fingerprint density at radius 2 is 1.78 bits per heavy atom. The zero-order chi connectivity index (χ0) is 25.8. The number of amides is 1. The second kappa shape index (κ2) is 10.6. The largest absolute Gasteiger partial charge is 0.490 e. The van der Waals surface area contributed by atoms with Crippen LogP contribution in [0.2, 0.25) is 0 Å². The lowest BCUT2D eigenvalue weighted by Gasteiger charge is -2.29. The maximum absolute atomic E-state index is 13.7. The summed E-state index contributed by atoms with van der Waals surface area (Å²) in [5.41, 5.74) is 4.89. The molecule has 0 bridgehead atoms.